The van der Waals surface area contributed by atoms with Crippen molar-refractivity contribution in [2.24, 2.45) is 0 Å². The van der Waals surface area contributed by atoms with E-state index in [9.17, 15) is 5.11 Å². The molecule has 0 aromatic carbocycles. The molecule has 1 unspecified atom stereocenters. The highest BCUT2D eigenvalue weighted by Gasteiger charge is 2.26. The third-order valence-corrected chi connectivity index (χ3v) is 3.77. The van der Waals surface area contributed by atoms with Crippen LogP contribution >= 0.6 is 0 Å². The maximum absolute atomic E-state index is 9.55. The number of aromatic nitrogens is 3. The van der Waals surface area contributed by atoms with Crippen molar-refractivity contribution in [2.75, 3.05) is 13.1 Å². The average molecular weight is 274 g/mol. The first-order valence-corrected chi connectivity index (χ1v) is 6.90. The molecule has 0 amide bonds. The summed E-state index contributed by atoms with van der Waals surface area (Å²) in [5, 5.41) is 13.6. The Bertz CT molecular complexity index is 549. The summed E-state index contributed by atoms with van der Waals surface area (Å²) in [5.74, 6) is 1.18. The van der Waals surface area contributed by atoms with E-state index in [-0.39, 0.29) is 12.1 Å². The van der Waals surface area contributed by atoms with Gasteiger partial charge < -0.3 is 9.63 Å². The van der Waals surface area contributed by atoms with Gasteiger partial charge in [0.15, 0.2) is 0 Å². The molecule has 1 atom stereocenters. The molecule has 2 aromatic rings. The van der Waals surface area contributed by atoms with Crippen LogP contribution in [-0.2, 0) is 0 Å². The Labute approximate surface area is 117 Å². The number of likely N-dealkylation sites (tertiary alicyclic amines) is 1. The molecule has 0 radical (unpaired) electrons. The van der Waals surface area contributed by atoms with Gasteiger partial charge in [0, 0.05) is 31.0 Å². The van der Waals surface area contributed by atoms with Crippen LogP contribution < -0.4 is 0 Å². The van der Waals surface area contributed by atoms with Gasteiger partial charge in [-0.1, -0.05) is 5.16 Å². The summed E-state index contributed by atoms with van der Waals surface area (Å²) >= 11 is 0. The van der Waals surface area contributed by atoms with E-state index in [4.69, 9.17) is 4.52 Å². The molecule has 20 heavy (non-hydrogen) atoms. The van der Waals surface area contributed by atoms with E-state index in [1.807, 2.05) is 12.1 Å². The van der Waals surface area contributed by atoms with Crippen molar-refractivity contribution in [3.05, 3.63) is 30.4 Å². The number of piperidine rings is 1. The zero-order chi connectivity index (χ0) is 13.9. The lowest BCUT2D eigenvalue weighted by Crippen LogP contribution is -2.37. The molecular weight excluding hydrogens is 256 g/mol. The van der Waals surface area contributed by atoms with Gasteiger partial charge in [0.1, 0.15) is 0 Å². The molecule has 6 nitrogen and oxygen atoms in total. The molecule has 2 aromatic heterocycles. The van der Waals surface area contributed by atoms with Gasteiger partial charge in [-0.3, -0.25) is 9.88 Å². The second-order valence-electron chi connectivity index (χ2n) is 5.14. The number of pyridine rings is 1. The number of hydrogen-bond donors (Lipinski definition) is 1. The van der Waals surface area contributed by atoms with E-state index < -0.39 is 0 Å². The van der Waals surface area contributed by atoms with Crippen molar-refractivity contribution in [2.45, 2.75) is 31.9 Å². The molecule has 0 aliphatic carbocycles. The summed E-state index contributed by atoms with van der Waals surface area (Å²) in [4.78, 5) is 10.8. The van der Waals surface area contributed by atoms with Crippen molar-refractivity contribution in [1.82, 2.24) is 20.0 Å². The Hall–Kier alpha value is -1.79. The van der Waals surface area contributed by atoms with Crippen LogP contribution in [0.4, 0.5) is 0 Å². The monoisotopic (exact) mass is 274 g/mol. The fourth-order valence-corrected chi connectivity index (χ4v) is 2.45. The molecule has 3 rings (SSSR count). The van der Waals surface area contributed by atoms with Crippen LogP contribution in [0.3, 0.4) is 0 Å². The number of aliphatic hydroxyl groups excluding tert-OH is 1. The number of nitrogens with zero attached hydrogens (tertiary/aromatic N) is 4. The second-order valence-corrected chi connectivity index (χ2v) is 5.14. The fourth-order valence-electron chi connectivity index (χ4n) is 2.45. The molecule has 0 saturated carbocycles. The van der Waals surface area contributed by atoms with Gasteiger partial charge in [-0.2, -0.15) is 4.98 Å². The van der Waals surface area contributed by atoms with Gasteiger partial charge in [0.2, 0.25) is 11.7 Å². The number of aliphatic hydroxyl groups is 1. The van der Waals surface area contributed by atoms with Crippen molar-refractivity contribution in [3.8, 4) is 11.4 Å². The first-order valence-electron chi connectivity index (χ1n) is 6.90. The van der Waals surface area contributed by atoms with Crippen molar-refractivity contribution in [3.63, 3.8) is 0 Å². The van der Waals surface area contributed by atoms with Crippen LogP contribution in [0.25, 0.3) is 11.4 Å². The van der Waals surface area contributed by atoms with Gasteiger partial charge in [-0.15, -0.1) is 0 Å². The minimum Gasteiger partial charge on any atom is -0.393 e. The van der Waals surface area contributed by atoms with Crippen LogP contribution in [0.2, 0.25) is 0 Å². The van der Waals surface area contributed by atoms with E-state index in [2.05, 4.69) is 26.9 Å². The normalized spacial score (nSPS) is 19.1. The first-order chi connectivity index (χ1) is 9.74. The summed E-state index contributed by atoms with van der Waals surface area (Å²) in [6, 6.07) is 3.82. The lowest BCUT2D eigenvalue weighted by atomic mass is 10.1. The lowest BCUT2D eigenvalue weighted by Gasteiger charge is -2.32. The van der Waals surface area contributed by atoms with Crippen LogP contribution in [0, 0.1) is 0 Å². The topological polar surface area (TPSA) is 75.3 Å². The largest absolute Gasteiger partial charge is 0.393 e. The molecule has 1 aliphatic rings. The molecule has 0 spiro atoms. The molecule has 1 fully saturated rings. The smallest absolute Gasteiger partial charge is 0.244 e. The highest BCUT2D eigenvalue weighted by Crippen LogP contribution is 2.24. The first kappa shape index (κ1) is 13.2. The highest BCUT2D eigenvalue weighted by atomic mass is 16.5. The quantitative estimate of drug-likeness (QED) is 0.917. The van der Waals surface area contributed by atoms with Crippen LogP contribution in [-0.4, -0.2) is 44.3 Å². The maximum Gasteiger partial charge on any atom is 0.244 e. The predicted molar refractivity (Wildman–Crippen MR) is 72.8 cm³/mol. The van der Waals surface area contributed by atoms with E-state index in [1.165, 1.54) is 0 Å². The molecular formula is C14H18N4O2. The van der Waals surface area contributed by atoms with E-state index >= 15 is 0 Å². The molecule has 1 N–H and O–H groups in total. The zero-order valence-electron chi connectivity index (χ0n) is 11.4. The molecule has 6 heteroatoms. The highest BCUT2D eigenvalue weighted by molar-refractivity contribution is 5.51. The SMILES string of the molecule is CC(c1nc(-c2cccnc2)no1)N1CCC(O)CC1. The Balaban J connectivity index is 1.73. The summed E-state index contributed by atoms with van der Waals surface area (Å²) in [6.07, 6.45) is 4.86. The third kappa shape index (κ3) is 2.71. The van der Waals surface area contributed by atoms with Gasteiger partial charge in [-0.25, -0.2) is 0 Å². The standard InChI is InChI=1S/C14H18N4O2/c1-10(18-7-4-12(19)5-8-18)14-16-13(17-20-14)11-3-2-6-15-9-11/h2-3,6,9-10,12,19H,4-5,7-8H2,1H3. The van der Waals surface area contributed by atoms with Crippen LogP contribution in [0.15, 0.2) is 29.0 Å². The Kier molecular flexibility index (Phi) is 3.75. The summed E-state index contributed by atoms with van der Waals surface area (Å²) in [7, 11) is 0. The van der Waals surface area contributed by atoms with E-state index in [1.54, 1.807) is 12.4 Å². The van der Waals surface area contributed by atoms with E-state index in [0.717, 1.165) is 31.5 Å². The van der Waals surface area contributed by atoms with Crippen molar-refractivity contribution >= 4 is 0 Å². The molecule has 1 saturated heterocycles. The minimum atomic E-state index is -0.174. The Morgan fingerprint density at radius 1 is 1.40 bits per heavy atom. The van der Waals surface area contributed by atoms with Gasteiger partial charge in [0.25, 0.3) is 0 Å². The lowest BCUT2D eigenvalue weighted by molar-refractivity contribution is 0.0564. The third-order valence-electron chi connectivity index (χ3n) is 3.77. The van der Waals surface area contributed by atoms with Crippen LogP contribution in [0.5, 0.6) is 0 Å². The summed E-state index contributed by atoms with van der Waals surface area (Å²) in [6.45, 7) is 3.76. The number of rotatable bonds is 3. The Morgan fingerprint density at radius 3 is 2.90 bits per heavy atom. The van der Waals surface area contributed by atoms with E-state index in [0.29, 0.717) is 11.7 Å². The molecule has 0 bridgehead atoms. The van der Waals surface area contributed by atoms with Gasteiger partial charge in [-0.05, 0) is 31.9 Å². The molecule has 106 valence electrons. The van der Waals surface area contributed by atoms with Gasteiger partial charge in [0.05, 0.1) is 12.1 Å². The van der Waals surface area contributed by atoms with Crippen LogP contribution in [0.1, 0.15) is 31.7 Å². The predicted octanol–water partition coefficient (Wildman–Crippen LogP) is 1.65. The fraction of sp³-hybridized carbons (Fsp3) is 0.500. The van der Waals surface area contributed by atoms with Crippen molar-refractivity contribution in [1.29, 1.82) is 0 Å². The zero-order valence-corrected chi connectivity index (χ0v) is 11.4. The summed E-state index contributed by atoms with van der Waals surface area (Å²) < 4.78 is 5.37. The van der Waals surface area contributed by atoms with Gasteiger partial charge >= 0.3 is 0 Å². The van der Waals surface area contributed by atoms with Crippen molar-refractivity contribution < 1.29 is 9.63 Å². The average Bonchev–Trinajstić information content (AvgIpc) is 2.98. The maximum atomic E-state index is 9.55. The minimum absolute atomic E-state index is 0.0698. The Morgan fingerprint density at radius 2 is 2.20 bits per heavy atom. The summed E-state index contributed by atoms with van der Waals surface area (Å²) in [5.41, 5.74) is 0.851. The second kappa shape index (κ2) is 5.68. The number of hydrogen-bond acceptors (Lipinski definition) is 6. The molecule has 3 heterocycles. The molecule has 1 aliphatic heterocycles.